The van der Waals surface area contributed by atoms with Crippen molar-refractivity contribution in [2.24, 2.45) is 0 Å². The van der Waals surface area contributed by atoms with E-state index in [4.69, 9.17) is 15.6 Å². The standard InChI is InChI=1S/C13H16NO4/c1-13(2,3)18-12(17)10(11(14)16)8-4-6-9(15)7-5-8/h4-7,10,14-15H,1-3H3. The van der Waals surface area contributed by atoms with Crippen molar-refractivity contribution in [3.63, 3.8) is 0 Å². The molecule has 1 rings (SSSR count). The van der Waals surface area contributed by atoms with Crippen molar-refractivity contribution in [3.05, 3.63) is 29.8 Å². The number of phenolic OH excluding ortho intramolecular Hbond substituents is 1. The van der Waals surface area contributed by atoms with Gasteiger partial charge >= 0.3 is 5.97 Å². The Morgan fingerprint density at radius 3 is 2.11 bits per heavy atom. The zero-order chi connectivity index (χ0) is 13.9. The first kappa shape index (κ1) is 14.0. The molecule has 0 aliphatic heterocycles. The normalized spacial score (nSPS) is 12.8. The fourth-order valence-corrected chi connectivity index (χ4v) is 1.42. The molecule has 1 amide bonds. The van der Waals surface area contributed by atoms with E-state index in [1.54, 1.807) is 20.8 Å². The summed E-state index contributed by atoms with van der Waals surface area (Å²) in [4.78, 5) is 23.1. The summed E-state index contributed by atoms with van der Waals surface area (Å²) in [5, 5.41) is 9.15. The Hall–Kier alpha value is -2.04. The van der Waals surface area contributed by atoms with Gasteiger partial charge in [0.15, 0.2) is 5.92 Å². The van der Waals surface area contributed by atoms with Crippen LogP contribution in [0.3, 0.4) is 0 Å². The van der Waals surface area contributed by atoms with Crippen molar-refractivity contribution in [1.29, 1.82) is 0 Å². The van der Waals surface area contributed by atoms with E-state index >= 15 is 0 Å². The molecule has 0 heterocycles. The van der Waals surface area contributed by atoms with Crippen LogP contribution in [0.5, 0.6) is 5.75 Å². The summed E-state index contributed by atoms with van der Waals surface area (Å²) < 4.78 is 5.10. The Balaban J connectivity index is 3.00. The van der Waals surface area contributed by atoms with Gasteiger partial charge in [0, 0.05) is 0 Å². The van der Waals surface area contributed by atoms with Crippen molar-refractivity contribution in [2.75, 3.05) is 0 Å². The van der Waals surface area contributed by atoms with Gasteiger partial charge in [-0.05, 0) is 38.5 Å². The Morgan fingerprint density at radius 1 is 1.22 bits per heavy atom. The van der Waals surface area contributed by atoms with Crippen molar-refractivity contribution in [2.45, 2.75) is 32.3 Å². The van der Waals surface area contributed by atoms with E-state index < -0.39 is 23.4 Å². The first-order valence-electron chi connectivity index (χ1n) is 5.48. The third-order valence-electron chi connectivity index (χ3n) is 2.13. The van der Waals surface area contributed by atoms with Crippen molar-refractivity contribution >= 4 is 11.9 Å². The number of carbonyl (C=O) groups excluding carboxylic acids is 2. The van der Waals surface area contributed by atoms with Crippen LogP contribution in [-0.4, -0.2) is 22.6 Å². The predicted octanol–water partition coefficient (Wildman–Crippen LogP) is 1.63. The Labute approximate surface area is 106 Å². The molecule has 1 aromatic rings. The van der Waals surface area contributed by atoms with Crippen LogP contribution >= 0.6 is 0 Å². The number of phenols is 1. The molecule has 5 nitrogen and oxygen atoms in total. The molecule has 1 atom stereocenters. The summed E-state index contributed by atoms with van der Waals surface area (Å²) in [6.07, 6.45) is 0. The van der Waals surface area contributed by atoms with Gasteiger partial charge in [0.1, 0.15) is 11.4 Å². The average Bonchev–Trinajstić information content (AvgIpc) is 2.18. The van der Waals surface area contributed by atoms with Gasteiger partial charge in [-0.3, -0.25) is 15.3 Å². The number of ether oxygens (including phenoxy) is 1. The van der Waals surface area contributed by atoms with E-state index in [9.17, 15) is 9.59 Å². The molecule has 0 saturated heterocycles. The van der Waals surface area contributed by atoms with Crippen molar-refractivity contribution in [1.82, 2.24) is 5.73 Å². The molecule has 97 valence electrons. The highest BCUT2D eigenvalue weighted by atomic mass is 16.6. The van der Waals surface area contributed by atoms with E-state index in [1.165, 1.54) is 24.3 Å². The number of esters is 1. The number of amides is 1. The van der Waals surface area contributed by atoms with Crippen LogP contribution in [0.15, 0.2) is 24.3 Å². The van der Waals surface area contributed by atoms with E-state index in [0.29, 0.717) is 5.56 Å². The second-order valence-corrected chi connectivity index (χ2v) is 4.92. The second kappa shape index (κ2) is 5.08. The lowest BCUT2D eigenvalue weighted by Crippen LogP contribution is -2.31. The highest BCUT2D eigenvalue weighted by Gasteiger charge is 2.31. The molecule has 0 spiro atoms. The van der Waals surface area contributed by atoms with Gasteiger partial charge in [0.25, 0.3) is 5.91 Å². The van der Waals surface area contributed by atoms with Gasteiger partial charge in [-0.15, -0.1) is 0 Å². The molecular weight excluding hydrogens is 234 g/mol. The van der Waals surface area contributed by atoms with Gasteiger partial charge in [-0.1, -0.05) is 12.1 Å². The van der Waals surface area contributed by atoms with Crippen LogP contribution in [-0.2, 0) is 14.3 Å². The molecule has 0 saturated carbocycles. The number of carbonyl (C=O) groups is 2. The lowest BCUT2D eigenvalue weighted by atomic mass is 9.98. The first-order chi connectivity index (χ1) is 8.20. The lowest BCUT2D eigenvalue weighted by molar-refractivity contribution is -0.158. The van der Waals surface area contributed by atoms with Gasteiger partial charge in [-0.25, -0.2) is 0 Å². The van der Waals surface area contributed by atoms with Gasteiger partial charge in [0.2, 0.25) is 0 Å². The highest BCUT2D eigenvalue weighted by molar-refractivity contribution is 6.02. The largest absolute Gasteiger partial charge is 0.508 e. The molecular formula is C13H16NO4. The van der Waals surface area contributed by atoms with Gasteiger partial charge in [0.05, 0.1) is 0 Å². The zero-order valence-corrected chi connectivity index (χ0v) is 10.6. The van der Waals surface area contributed by atoms with Crippen LogP contribution in [0, 0.1) is 0 Å². The number of nitrogens with one attached hydrogen (secondary N) is 1. The smallest absolute Gasteiger partial charge is 0.323 e. The summed E-state index contributed by atoms with van der Waals surface area (Å²) in [5.74, 6) is -3.04. The van der Waals surface area contributed by atoms with Crippen LogP contribution in [0.2, 0.25) is 0 Å². The summed E-state index contributed by atoms with van der Waals surface area (Å²) in [7, 11) is 0. The van der Waals surface area contributed by atoms with E-state index in [1.807, 2.05) is 0 Å². The predicted molar refractivity (Wildman–Crippen MR) is 64.8 cm³/mol. The molecule has 0 aliphatic carbocycles. The number of benzene rings is 1. The maximum absolute atomic E-state index is 11.9. The molecule has 0 aliphatic rings. The molecule has 1 aromatic carbocycles. The van der Waals surface area contributed by atoms with E-state index in [0.717, 1.165) is 0 Å². The van der Waals surface area contributed by atoms with Crippen LogP contribution in [0.25, 0.3) is 0 Å². The lowest BCUT2D eigenvalue weighted by Gasteiger charge is -2.22. The monoisotopic (exact) mass is 250 g/mol. The van der Waals surface area contributed by atoms with Crippen LogP contribution in [0.1, 0.15) is 32.3 Å². The minimum atomic E-state index is -1.27. The van der Waals surface area contributed by atoms with Crippen molar-refractivity contribution in [3.8, 4) is 5.75 Å². The second-order valence-electron chi connectivity index (χ2n) is 4.92. The molecule has 5 heteroatoms. The third-order valence-corrected chi connectivity index (χ3v) is 2.13. The number of rotatable bonds is 3. The van der Waals surface area contributed by atoms with E-state index in [-0.39, 0.29) is 5.75 Å². The number of aromatic hydroxyl groups is 1. The maximum atomic E-state index is 11.9. The molecule has 18 heavy (non-hydrogen) atoms. The summed E-state index contributed by atoms with van der Waals surface area (Å²) >= 11 is 0. The Bertz CT molecular complexity index is 445. The fraction of sp³-hybridized carbons (Fsp3) is 0.385. The summed E-state index contributed by atoms with van der Waals surface area (Å²) in [5.41, 5.74) is 6.78. The van der Waals surface area contributed by atoms with E-state index in [2.05, 4.69) is 0 Å². The van der Waals surface area contributed by atoms with Gasteiger partial charge < -0.3 is 9.84 Å². The maximum Gasteiger partial charge on any atom is 0.323 e. The summed E-state index contributed by atoms with van der Waals surface area (Å²) in [6, 6.07) is 5.57. The highest BCUT2D eigenvalue weighted by Crippen LogP contribution is 2.22. The summed E-state index contributed by atoms with van der Waals surface area (Å²) in [6.45, 7) is 5.06. The zero-order valence-electron chi connectivity index (χ0n) is 10.6. The fourth-order valence-electron chi connectivity index (χ4n) is 1.42. The molecule has 1 radical (unpaired) electrons. The van der Waals surface area contributed by atoms with Crippen LogP contribution in [0.4, 0.5) is 0 Å². The Kier molecular flexibility index (Phi) is 3.96. The minimum absolute atomic E-state index is 0.0270. The topological polar surface area (TPSA) is 87.4 Å². The van der Waals surface area contributed by atoms with Crippen LogP contribution < -0.4 is 5.73 Å². The number of hydrogen-bond acceptors (Lipinski definition) is 4. The Morgan fingerprint density at radius 2 is 1.72 bits per heavy atom. The molecule has 0 fully saturated rings. The molecule has 2 N–H and O–H groups in total. The molecule has 0 aromatic heterocycles. The first-order valence-corrected chi connectivity index (χ1v) is 5.48. The average molecular weight is 250 g/mol. The molecule has 1 unspecified atom stereocenters. The third kappa shape index (κ3) is 3.76. The van der Waals surface area contributed by atoms with Gasteiger partial charge in [-0.2, -0.15) is 0 Å². The SMILES string of the molecule is CC(C)(C)OC(=O)C(C([NH])=O)c1ccc(O)cc1. The molecule has 0 bridgehead atoms. The number of hydrogen-bond donors (Lipinski definition) is 1. The van der Waals surface area contributed by atoms with Crippen molar-refractivity contribution < 1.29 is 19.4 Å². The minimum Gasteiger partial charge on any atom is -0.508 e. The quantitative estimate of drug-likeness (QED) is 0.652.